The molecule has 6 heteroatoms. The maximum absolute atomic E-state index is 13.3. The van der Waals surface area contributed by atoms with Gasteiger partial charge in [0.05, 0.1) is 6.54 Å². The van der Waals surface area contributed by atoms with E-state index in [-0.39, 0.29) is 17.2 Å². The highest BCUT2D eigenvalue weighted by Gasteiger charge is 2.22. The number of carboxylic acid groups (broad SMARTS) is 1. The van der Waals surface area contributed by atoms with Gasteiger partial charge in [-0.15, -0.1) is 0 Å². The Bertz CT molecular complexity index is 1150. The first-order valence-electron chi connectivity index (χ1n) is 11.6. The highest BCUT2D eigenvalue weighted by molar-refractivity contribution is 6.30. The van der Waals surface area contributed by atoms with E-state index >= 15 is 0 Å². The lowest BCUT2D eigenvalue weighted by molar-refractivity contribution is -0.119. The number of benzene rings is 3. The minimum absolute atomic E-state index is 0.0456. The maximum atomic E-state index is 13.3. The molecule has 176 valence electrons. The molecular formula is C28H28ClNO4. The van der Waals surface area contributed by atoms with Crippen LogP contribution in [0, 0.1) is 5.92 Å². The summed E-state index contributed by atoms with van der Waals surface area (Å²) in [5, 5.41) is 20.0. The summed E-state index contributed by atoms with van der Waals surface area (Å²) in [5.74, 6) is -1.01. The van der Waals surface area contributed by atoms with E-state index in [0.29, 0.717) is 29.6 Å². The van der Waals surface area contributed by atoms with Gasteiger partial charge >= 0.3 is 5.97 Å². The smallest absolute Gasteiger partial charge is 0.339 e. The molecule has 0 bridgehead atoms. The molecule has 0 atom stereocenters. The van der Waals surface area contributed by atoms with Gasteiger partial charge in [0.2, 0.25) is 5.91 Å². The van der Waals surface area contributed by atoms with Crippen molar-refractivity contribution >= 4 is 29.2 Å². The zero-order chi connectivity index (χ0) is 24.1. The first-order chi connectivity index (χ1) is 16.4. The molecule has 1 amide bonds. The third-order valence-corrected chi connectivity index (χ3v) is 6.79. The Morgan fingerprint density at radius 1 is 0.912 bits per heavy atom. The second-order valence-corrected chi connectivity index (χ2v) is 9.32. The highest BCUT2D eigenvalue weighted by Crippen LogP contribution is 2.31. The number of hydrogen-bond acceptors (Lipinski definition) is 3. The van der Waals surface area contributed by atoms with Crippen molar-refractivity contribution in [1.82, 2.24) is 0 Å². The Hall–Kier alpha value is -3.31. The van der Waals surface area contributed by atoms with E-state index in [2.05, 4.69) is 0 Å². The Balaban J connectivity index is 1.57. The van der Waals surface area contributed by atoms with Crippen LogP contribution in [-0.2, 0) is 11.3 Å². The average molecular weight is 478 g/mol. The topological polar surface area (TPSA) is 77.8 Å². The van der Waals surface area contributed by atoms with Gasteiger partial charge in [-0.1, -0.05) is 73.7 Å². The van der Waals surface area contributed by atoms with Crippen LogP contribution < -0.4 is 4.90 Å². The van der Waals surface area contributed by atoms with Crippen LogP contribution in [0.5, 0.6) is 5.75 Å². The Morgan fingerprint density at radius 2 is 1.53 bits per heavy atom. The van der Waals surface area contributed by atoms with Crippen molar-refractivity contribution in [1.29, 1.82) is 0 Å². The number of phenols is 1. The molecule has 0 radical (unpaired) electrons. The predicted octanol–water partition coefficient (Wildman–Crippen LogP) is 6.91. The molecule has 0 heterocycles. The van der Waals surface area contributed by atoms with Crippen LogP contribution in [0.15, 0.2) is 66.7 Å². The lowest BCUT2D eigenvalue weighted by atomic mass is 10.0. The Kier molecular flexibility index (Phi) is 7.53. The summed E-state index contributed by atoms with van der Waals surface area (Å²) in [5.41, 5.74) is 3.26. The van der Waals surface area contributed by atoms with Gasteiger partial charge in [-0.05, 0) is 59.4 Å². The number of carbonyl (C=O) groups is 2. The molecule has 4 rings (SSSR count). The van der Waals surface area contributed by atoms with E-state index in [4.69, 9.17) is 11.6 Å². The van der Waals surface area contributed by atoms with Crippen molar-refractivity contribution < 1.29 is 19.8 Å². The largest absolute Gasteiger partial charge is 0.507 e. The van der Waals surface area contributed by atoms with Crippen molar-refractivity contribution in [3.05, 3.63) is 82.9 Å². The van der Waals surface area contributed by atoms with E-state index < -0.39 is 5.97 Å². The molecule has 1 aliphatic rings. The number of amides is 1. The number of halogens is 1. The van der Waals surface area contributed by atoms with Gasteiger partial charge in [-0.25, -0.2) is 4.79 Å². The molecule has 1 saturated carbocycles. The third-order valence-electron chi connectivity index (χ3n) is 6.54. The number of hydrogen-bond donors (Lipinski definition) is 2. The molecule has 0 unspecified atom stereocenters. The van der Waals surface area contributed by atoms with Gasteiger partial charge in [-0.2, -0.15) is 0 Å². The predicted molar refractivity (Wildman–Crippen MR) is 134 cm³/mol. The molecule has 0 aliphatic heterocycles. The zero-order valence-electron chi connectivity index (χ0n) is 18.9. The molecule has 0 aromatic heterocycles. The molecule has 5 nitrogen and oxygen atoms in total. The van der Waals surface area contributed by atoms with E-state index in [9.17, 15) is 19.8 Å². The quantitative estimate of drug-likeness (QED) is 0.369. The van der Waals surface area contributed by atoms with E-state index in [0.717, 1.165) is 23.1 Å². The number of aromatic carboxylic acids is 1. The lowest BCUT2D eigenvalue weighted by Gasteiger charge is -2.24. The van der Waals surface area contributed by atoms with Crippen molar-refractivity contribution in [3.8, 4) is 16.9 Å². The highest BCUT2D eigenvalue weighted by atomic mass is 35.5. The molecule has 0 saturated heterocycles. The molecular weight excluding hydrogens is 450 g/mol. The second kappa shape index (κ2) is 10.7. The molecule has 1 fully saturated rings. The van der Waals surface area contributed by atoms with Crippen LogP contribution in [0.1, 0.15) is 54.4 Å². The SMILES string of the molecule is O=C(O)c1cc(N(Cc2ccc(-c3ccc(Cl)cc3)cc2)C(=O)CCC2CCCC2)ccc1O. The molecule has 0 spiro atoms. The average Bonchev–Trinajstić information content (AvgIpc) is 3.36. The number of carboxylic acids is 1. The van der Waals surface area contributed by atoms with E-state index in [1.807, 2.05) is 48.5 Å². The second-order valence-electron chi connectivity index (χ2n) is 8.88. The number of carbonyl (C=O) groups excluding carboxylic acids is 1. The fourth-order valence-corrected chi connectivity index (χ4v) is 4.70. The summed E-state index contributed by atoms with van der Waals surface area (Å²) >= 11 is 5.99. The summed E-state index contributed by atoms with van der Waals surface area (Å²) in [6.45, 7) is 0.314. The lowest BCUT2D eigenvalue weighted by Crippen LogP contribution is -2.30. The van der Waals surface area contributed by atoms with Crippen LogP contribution in [-0.4, -0.2) is 22.1 Å². The van der Waals surface area contributed by atoms with Crippen LogP contribution in [0.3, 0.4) is 0 Å². The molecule has 3 aromatic carbocycles. The fourth-order valence-electron chi connectivity index (χ4n) is 4.58. The molecule has 2 N–H and O–H groups in total. The Morgan fingerprint density at radius 3 is 2.15 bits per heavy atom. The van der Waals surface area contributed by atoms with E-state index in [1.54, 1.807) is 11.0 Å². The standard InChI is InChI=1S/C28H28ClNO4/c29-23-12-10-22(11-13-23)21-8-5-20(6-9-21)18-30(27(32)16-7-19-3-1-2-4-19)24-14-15-26(31)25(17-24)28(33)34/h5-6,8-15,17,19,31H,1-4,7,16,18H2,(H,33,34). The van der Waals surface area contributed by atoms with Crippen molar-refractivity contribution in [3.63, 3.8) is 0 Å². The fraction of sp³-hybridized carbons (Fsp3) is 0.286. The van der Waals surface area contributed by atoms with Gasteiger partial charge < -0.3 is 15.1 Å². The molecule has 3 aromatic rings. The van der Waals surface area contributed by atoms with Gasteiger partial charge in [-0.3, -0.25) is 4.79 Å². The summed E-state index contributed by atoms with van der Waals surface area (Å²) in [6.07, 6.45) is 6.04. The summed E-state index contributed by atoms with van der Waals surface area (Å²) in [4.78, 5) is 26.5. The zero-order valence-corrected chi connectivity index (χ0v) is 19.7. The number of nitrogens with zero attached hydrogens (tertiary/aromatic N) is 1. The number of aromatic hydroxyl groups is 1. The number of rotatable bonds is 8. The van der Waals surface area contributed by atoms with Gasteiger partial charge in [0.1, 0.15) is 11.3 Å². The van der Waals surface area contributed by atoms with E-state index in [1.165, 1.54) is 37.8 Å². The summed E-state index contributed by atoms with van der Waals surface area (Å²) < 4.78 is 0. The van der Waals surface area contributed by atoms with Gasteiger partial charge in [0.25, 0.3) is 0 Å². The molecule has 34 heavy (non-hydrogen) atoms. The van der Waals surface area contributed by atoms with Crippen molar-refractivity contribution in [2.75, 3.05) is 4.90 Å². The number of anilines is 1. The minimum Gasteiger partial charge on any atom is -0.507 e. The van der Waals surface area contributed by atoms with Crippen LogP contribution in [0.2, 0.25) is 5.02 Å². The van der Waals surface area contributed by atoms with Crippen LogP contribution >= 0.6 is 11.6 Å². The normalized spacial score (nSPS) is 13.7. The van der Waals surface area contributed by atoms with Gasteiger partial charge in [0, 0.05) is 17.1 Å². The maximum Gasteiger partial charge on any atom is 0.339 e. The third kappa shape index (κ3) is 5.78. The van der Waals surface area contributed by atoms with Gasteiger partial charge in [0.15, 0.2) is 0 Å². The van der Waals surface area contributed by atoms with Crippen LogP contribution in [0.25, 0.3) is 11.1 Å². The summed E-state index contributed by atoms with van der Waals surface area (Å²) in [6, 6.07) is 19.9. The minimum atomic E-state index is -1.23. The molecule has 1 aliphatic carbocycles. The summed E-state index contributed by atoms with van der Waals surface area (Å²) in [7, 11) is 0. The van der Waals surface area contributed by atoms with Crippen LogP contribution in [0.4, 0.5) is 5.69 Å². The monoisotopic (exact) mass is 477 g/mol. The first kappa shape index (κ1) is 23.8. The van der Waals surface area contributed by atoms with Crippen molar-refractivity contribution in [2.24, 2.45) is 5.92 Å². The first-order valence-corrected chi connectivity index (χ1v) is 12.0. The Labute approximate surface area is 204 Å². The van der Waals surface area contributed by atoms with Crippen molar-refractivity contribution in [2.45, 2.75) is 45.1 Å².